The van der Waals surface area contributed by atoms with E-state index in [-0.39, 0.29) is 12.4 Å². The number of H-pyrrole nitrogens is 1. The average Bonchev–Trinajstić information content (AvgIpc) is 3.11. The Bertz CT molecular complexity index is 758. The number of aromatic amines is 1. The molecule has 132 valence electrons. The second-order valence-electron chi connectivity index (χ2n) is 4.95. The number of rotatable bonds is 4. The predicted molar refractivity (Wildman–Crippen MR) is 108 cm³/mol. The lowest BCUT2D eigenvalue weighted by Gasteiger charge is -2.03. The summed E-state index contributed by atoms with van der Waals surface area (Å²) < 4.78 is 5.03. The zero-order chi connectivity index (χ0) is 17.2. The molecule has 0 aliphatic rings. The topological polar surface area (TPSA) is 89.9 Å². The lowest BCUT2D eigenvalue weighted by atomic mass is 10.1. The minimum absolute atomic E-state index is 0. The van der Waals surface area contributed by atoms with E-state index in [9.17, 15) is 0 Å². The van der Waals surface area contributed by atoms with Crippen LogP contribution in [0.15, 0.2) is 60.8 Å². The molecule has 0 aliphatic heterocycles. The molecule has 5 N–H and O–H groups in total. The molecule has 0 bridgehead atoms. The van der Waals surface area contributed by atoms with E-state index in [1.807, 2.05) is 61.5 Å². The van der Waals surface area contributed by atoms with E-state index in [1.165, 1.54) is 0 Å². The van der Waals surface area contributed by atoms with Gasteiger partial charge in [0.2, 0.25) is 5.88 Å². The van der Waals surface area contributed by atoms with Crippen LogP contribution in [0.3, 0.4) is 0 Å². The normalized spacial score (nSPS) is 9.80. The molecule has 25 heavy (non-hydrogen) atoms. The largest absolute Gasteiger partial charge is 0.478 e. The van der Waals surface area contributed by atoms with Crippen molar-refractivity contribution < 1.29 is 4.74 Å². The molecule has 1 aromatic heterocycles. The molecule has 0 atom stereocenters. The summed E-state index contributed by atoms with van der Waals surface area (Å²) in [6.07, 6.45) is 5.65. The Hall–Kier alpha value is -2.92. The Morgan fingerprint density at radius 1 is 1.00 bits per heavy atom. The molecule has 3 rings (SSSR count). The number of hydrogen-bond donors (Lipinski definition) is 3. The number of halogens is 1. The zero-order valence-electron chi connectivity index (χ0n) is 14.1. The molecule has 1 heterocycles. The van der Waals surface area contributed by atoms with Crippen LogP contribution in [-0.4, -0.2) is 16.8 Å². The fourth-order valence-corrected chi connectivity index (χ4v) is 1.98. The van der Waals surface area contributed by atoms with Crippen molar-refractivity contribution in [2.75, 3.05) is 18.1 Å². The van der Waals surface area contributed by atoms with Crippen molar-refractivity contribution in [3.63, 3.8) is 0 Å². The highest BCUT2D eigenvalue weighted by molar-refractivity contribution is 5.85. The number of nitrogens with two attached hydrogens (primary N) is 2. The zero-order valence-corrected chi connectivity index (χ0v) is 14.9. The highest BCUT2D eigenvalue weighted by Crippen LogP contribution is 2.21. The lowest BCUT2D eigenvalue weighted by Crippen LogP contribution is -1.96. The maximum atomic E-state index is 5.87. The fraction of sp³-hybridized carbons (Fsp3) is 0.105. The van der Waals surface area contributed by atoms with Crippen LogP contribution in [0.25, 0.3) is 12.2 Å². The standard InChI is InChI=1S/C14H14N2.C5H8N2O.ClH/c15-13-8-4-7-12(14(13)16)10-9-11-5-2-1-3-6-11;1-2-8-5-3-4-6-7-5;/h1-10H,15-16H2;3-4H,2H2,1H3,(H,6,7);1H. The quantitative estimate of drug-likeness (QED) is 0.480. The Kier molecular flexibility index (Phi) is 8.68. The molecule has 0 spiro atoms. The third kappa shape index (κ3) is 6.61. The van der Waals surface area contributed by atoms with Gasteiger partial charge >= 0.3 is 0 Å². The van der Waals surface area contributed by atoms with Crippen LogP contribution in [0.5, 0.6) is 5.88 Å². The van der Waals surface area contributed by atoms with Crippen molar-refractivity contribution in [3.8, 4) is 5.88 Å². The van der Waals surface area contributed by atoms with Crippen molar-refractivity contribution in [2.45, 2.75) is 6.92 Å². The number of ether oxygens (including phenoxy) is 1. The van der Waals surface area contributed by atoms with Gasteiger partial charge in [-0.05, 0) is 24.1 Å². The first-order valence-corrected chi connectivity index (χ1v) is 7.70. The lowest BCUT2D eigenvalue weighted by molar-refractivity contribution is 0.326. The van der Waals surface area contributed by atoms with Gasteiger partial charge in [-0.3, -0.25) is 0 Å². The van der Waals surface area contributed by atoms with Gasteiger partial charge in [0.25, 0.3) is 0 Å². The number of para-hydroxylation sites is 1. The van der Waals surface area contributed by atoms with Crippen molar-refractivity contribution in [2.24, 2.45) is 0 Å². The molecule has 0 unspecified atom stereocenters. The van der Waals surface area contributed by atoms with Crippen molar-refractivity contribution in [1.29, 1.82) is 0 Å². The Balaban J connectivity index is 0.000000295. The molecule has 5 nitrogen and oxygen atoms in total. The number of anilines is 2. The van der Waals surface area contributed by atoms with Crippen LogP contribution in [0.1, 0.15) is 18.1 Å². The van der Waals surface area contributed by atoms with Gasteiger partial charge in [0.05, 0.1) is 24.2 Å². The number of benzene rings is 2. The Labute approximate surface area is 154 Å². The molecule has 3 aromatic rings. The number of nitrogens with one attached hydrogen (secondary N) is 1. The van der Waals surface area contributed by atoms with Crippen LogP contribution in [-0.2, 0) is 0 Å². The predicted octanol–water partition coefficient (Wildman–Crippen LogP) is 4.25. The van der Waals surface area contributed by atoms with Gasteiger partial charge in [-0.25, -0.2) is 5.10 Å². The Morgan fingerprint density at radius 2 is 1.76 bits per heavy atom. The SMILES string of the molecule is CCOc1ccn[nH]1.Cl.Nc1cccc(C=Cc2ccccc2)c1N. The average molecular weight is 359 g/mol. The van der Waals surface area contributed by atoms with Gasteiger partial charge < -0.3 is 16.2 Å². The van der Waals surface area contributed by atoms with Crippen LogP contribution < -0.4 is 16.2 Å². The van der Waals surface area contributed by atoms with Crippen molar-refractivity contribution >= 4 is 35.9 Å². The molecule has 0 amide bonds. The molecular weight excluding hydrogens is 336 g/mol. The number of nitrogen functional groups attached to an aromatic ring is 2. The van der Waals surface area contributed by atoms with Crippen molar-refractivity contribution in [3.05, 3.63) is 71.9 Å². The van der Waals surface area contributed by atoms with Gasteiger partial charge in [0.1, 0.15) is 0 Å². The minimum atomic E-state index is 0. The fourth-order valence-electron chi connectivity index (χ4n) is 1.98. The highest BCUT2D eigenvalue weighted by Gasteiger charge is 1.97. The first kappa shape index (κ1) is 20.1. The molecule has 0 fully saturated rings. The maximum absolute atomic E-state index is 5.87. The van der Waals surface area contributed by atoms with Gasteiger partial charge in [0.15, 0.2) is 0 Å². The number of nitrogens with zero attached hydrogens (tertiary/aromatic N) is 1. The monoisotopic (exact) mass is 358 g/mol. The summed E-state index contributed by atoms with van der Waals surface area (Å²) >= 11 is 0. The summed E-state index contributed by atoms with van der Waals surface area (Å²) in [5.74, 6) is 0.729. The third-order valence-electron chi connectivity index (χ3n) is 3.20. The third-order valence-corrected chi connectivity index (χ3v) is 3.20. The van der Waals surface area contributed by atoms with E-state index in [0.717, 1.165) is 17.0 Å². The number of hydrogen-bond acceptors (Lipinski definition) is 4. The summed E-state index contributed by atoms with van der Waals surface area (Å²) in [6, 6.07) is 17.5. The molecule has 0 aliphatic carbocycles. The second kappa shape index (κ2) is 10.8. The van der Waals surface area contributed by atoms with Crippen LogP contribution >= 0.6 is 12.4 Å². The van der Waals surface area contributed by atoms with Crippen LogP contribution in [0, 0.1) is 0 Å². The van der Waals surface area contributed by atoms with Crippen molar-refractivity contribution in [1.82, 2.24) is 10.2 Å². The molecule has 6 heteroatoms. The number of aromatic nitrogens is 2. The van der Waals surface area contributed by atoms with E-state index in [4.69, 9.17) is 16.2 Å². The van der Waals surface area contributed by atoms with E-state index < -0.39 is 0 Å². The van der Waals surface area contributed by atoms with Gasteiger partial charge in [-0.2, -0.15) is 5.10 Å². The summed E-state index contributed by atoms with van der Waals surface area (Å²) in [7, 11) is 0. The summed E-state index contributed by atoms with van der Waals surface area (Å²) in [5.41, 5.74) is 14.9. The van der Waals surface area contributed by atoms with Crippen LogP contribution in [0.2, 0.25) is 0 Å². The van der Waals surface area contributed by atoms with E-state index in [0.29, 0.717) is 18.0 Å². The molecule has 0 radical (unpaired) electrons. The first-order chi connectivity index (χ1) is 11.7. The molecular formula is C19H23ClN4O. The summed E-state index contributed by atoms with van der Waals surface area (Å²) in [4.78, 5) is 0. The van der Waals surface area contributed by atoms with Gasteiger partial charge in [0, 0.05) is 6.07 Å². The van der Waals surface area contributed by atoms with Crippen LogP contribution in [0.4, 0.5) is 11.4 Å². The highest BCUT2D eigenvalue weighted by atomic mass is 35.5. The van der Waals surface area contributed by atoms with Gasteiger partial charge in [-0.15, -0.1) is 12.4 Å². The smallest absolute Gasteiger partial charge is 0.208 e. The van der Waals surface area contributed by atoms with E-state index in [1.54, 1.807) is 18.3 Å². The van der Waals surface area contributed by atoms with E-state index in [2.05, 4.69) is 10.2 Å². The maximum Gasteiger partial charge on any atom is 0.208 e. The summed E-state index contributed by atoms with van der Waals surface area (Å²) in [5, 5.41) is 6.36. The Morgan fingerprint density at radius 3 is 2.40 bits per heavy atom. The van der Waals surface area contributed by atoms with E-state index >= 15 is 0 Å². The molecule has 2 aromatic carbocycles. The minimum Gasteiger partial charge on any atom is -0.478 e. The second-order valence-corrected chi connectivity index (χ2v) is 4.95. The molecule has 0 saturated carbocycles. The van der Waals surface area contributed by atoms with Gasteiger partial charge in [-0.1, -0.05) is 54.6 Å². The first-order valence-electron chi connectivity index (χ1n) is 7.70. The summed E-state index contributed by atoms with van der Waals surface area (Å²) in [6.45, 7) is 2.61. The molecule has 0 saturated heterocycles.